The van der Waals surface area contributed by atoms with Gasteiger partial charge in [-0.05, 0) is 49.6 Å². The summed E-state index contributed by atoms with van der Waals surface area (Å²) in [5.74, 6) is -0.678. The summed E-state index contributed by atoms with van der Waals surface area (Å²) in [6.45, 7) is 2.02. The summed E-state index contributed by atoms with van der Waals surface area (Å²) >= 11 is 0. The van der Waals surface area contributed by atoms with Crippen molar-refractivity contribution in [2.45, 2.75) is 36.6 Å². The number of nitrogens with one attached hydrogen (secondary N) is 1. The summed E-state index contributed by atoms with van der Waals surface area (Å²) in [6.07, 6.45) is 2.34. The van der Waals surface area contributed by atoms with Gasteiger partial charge in [0.25, 0.3) is 5.91 Å². The summed E-state index contributed by atoms with van der Waals surface area (Å²) in [5.41, 5.74) is 1.28. The number of nitrogens with zero attached hydrogens (tertiary/aromatic N) is 3. The molecule has 0 aliphatic carbocycles. The Morgan fingerprint density at radius 2 is 1.93 bits per heavy atom. The van der Waals surface area contributed by atoms with Gasteiger partial charge >= 0.3 is 0 Å². The number of hydrogen-bond acceptors (Lipinski definition) is 4. The quantitative estimate of drug-likeness (QED) is 0.862. The molecule has 2 aliphatic heterocycles. The lowest BCUT2D eigenvalue weighted by atomic mass is 9.96. The van der Waals surface area contributed by atoms with E-state index in [1.54, 1.807) is 10.7 Å². The molecule has 3 heterocycles. The first-order valence-electron chi connectivity index (χ1n) is 9.07. The van der Waals surface area contributed by atoms with E-state index in [2.05, 4.69) is 10.4 Å². The number of rotatable bonds is 3. The van der Waals surface area contributed by atoms with Crippen LogP contribution in [0.3, 0.4) is 0 Å². The van der Waals surface area contributed by atoms with E-state index in [-0.39, 0.29) is 16.7 Å². The average Bonchev–Trinajstić information content (AvgIpc) is 3.02. The largest absolute Gasteiger partial charge is 0.351 e. The molecule has 1 aromatic heterocycles. The number of sulfonamides is 1. The zero-order valence-electron chi connectivity index (χ0n) is 14.8. The smallest absolute Gasteiger partial charge is 0.269 e. The van der Waals surface area contributed by atoms with Crippen molar-refractivity contribution in [1.29, 1.82) is 0 Å². The zero-order valence-corrected chi connectivity index (χ0v) is 15.6. The van der Waals surface area contributed by atoms with Gasteiger partial charge in [-0.2, -0.15) is 9.40 Å². The minimum Gasteiger partial charge on any atom is -0.351 e. The molecule has 1 N–H and O–H groups in total. The van der Waals surface area contributed by atoms with Crippen molar-refractivity contribution in [3.05, 3.63) is 47.5 Å². The molecular weight excluding hydrogens is 371 g/mol. The molecule has 2 aliphatic rings. The third-order valence-corrected chi connectivity index (χ3v) is 7.00. The lowest BCUT2D eigenvalue weighted by Gasteiger charge is -2.31. The van der Waals surface area contributed by atoms with Gasteiger partial charge < -0.3 is 5.32 Å². The molecule has 0 radical (unpaired) electrons. The van der Waals surface area contributed by atoms with Crippen molar-refractivity contribution < 1.29 is 17.6 Å². The second kappa shape index (κ2) is 7.05. The number of aryl methyl sites for hydroxylation is 1. The molecule has 9 heteroatoms. The minimum atomic E-state index is -3.69. The van der Waals surface area contributed by atoms with Crippen LogP contribution < -0.4 is 5.32 Å². The molecule has 1 atom stereocenters. The average molecular weight is 392 g/mol. The summed E-state index contributed by atoms with van der Waals surface area (Å²) in [7, 11) is -3.69. The van der Waals surface area contributed by atoms with Crippen LogP contribution >= 0.6 is 0 Å². The monoisotopic (exact) mass is 392 g/mol. The van der Waals surface area contributed by atoms with E-state index in [0.717, 1.165) is 30.7 Å². The van der Waals surface area contributed by atoms with Crippen LogP contribution in [0.5, 0.6) is 0 Å². The molecule has 144 valence electrons. The molecule has 1 fully saturated rings. The van der Waals surface area contributed by atoms with E-state index in [4.69, 9.17) is 0 Å². The minimum absolute atomic E-state index is 0.0683. The Hall–Kier alpha value is -2.26. The number of amides is 1. The van der Waals surface area contributed by atoms with E-state index < -0.39 is 15.8 Å². The van der Waals surface area contributed by atoms with Crippen molar-refractivity contribution in [2.24, 2.45) is 0 Å². The molecule has 1 amide bonds. The summed E-state index contributed by atoms with van der Waals surface area (Å²) in [6, 6.07) is 6.66. The first kappa shape index (κ1) is 18.1. The van der Waals surface area contributed by atoms with Crippen molar-refractivity contribution >= 4 is 15.9 Å². The molecule has 0 bridgehead atoms. The Morgan fingerprint density at radius 3 is 2.70 bits per heavy atom. The van der Waals surface area contributed by atoms with E-state index in [1.807, 2.05) is 0 Å². The molecule has 7 nitrogen and oxygen atoms in total. The molecule has 1 aromatic carbocycles. The van der Waals surface area contributed by atoms with E-state index in [0.29, 0.717) is 38.3 Å². The second-order valence-electron chi connectivity index (χ2n) is 6.94. The van der Waals surface area contributed by atoms with Crippen LogP contribution in [0.2, 0.25) is 0 Å². The number of aromatic nitrogens is 2. The normalized spacial score (nSPS) is 21.4. The van der Waals surface area contributed by atoms with Gasteiger partial charge in [0.2, 0.25) is 10.0 Å². The number of fused-ring (bicyclic) bond motifs is 1. The zero-order chi connectivity index (χ0) is 19.0. The van der Waals surface area contributed by atoms with Gasteiger partial charge in [0.1, 0.15) is 11.5 Å². The Bertz CT molecular complexity index is 955. The maximum Gasteiger partial charge on any atom is 0.269 e. The molecule has 1 saturated heterocycles. The van der Waals surface area contributed by atoms with Crippen molar-refractivity contribution in [3.8, 4) is 0 Å². The first-order chi connectivity index (χ1) is 12.9. The van der Waals surface area contributed by atoms with Crippen LogP contribution in [-0.2, 0) is 16.6 Å². The molecule has 0 spiro atoms. The second-order valence-corrected chi connectivity index (χ2v) is 8.88. The fourth-order valence-electron chi connectivity index (χ4n) is 3.67. The third-order valence-electron chi connectivity index (χ3n) is 5.12. The van der Waals surface area contributed by atoms with Crippen LogP contribution in [0.4, 0.5) is 4.39 Å². The van der Waals surface area contributed by atoms with Gasteiger partial charge in [0.15, 0.2) is 0 Å². The Labute approximate surface area is 157 Å². The number of hydrogen-bond donors (Lipinski definition) is 1. The Morgan fingerprint density at radius 1 is 1.15 bits per heavy atom. The first-order valence-corrected chi connectivity index (χ1v) is 10.5. The summed E-state index contributed by atoms with van der Waals surface area (Å²) in [5, 5.41) is 7.41. The Kier molecular flexibility index (Phi) is 4.73. The molecule has 1 unspecified atom stereocenters. The van der Waals surface area contributed by atoms with Crippen LogP contribution in [0, 0.1) is 5.82 Å². The predicted octanol–water partition coefficient (Wildman–Crippen LogP) is 1.72. The summed E-state index contributed by atoms with van der Waals surface area (Å²) in [4.78, 5) is 12.2. The number of carbonyl (C=O) groups excluding carboxylic acids is 1. The van der Waals surface area contributed by atoms with E-state index in [1.165, 1.54) is 16.4 Å². The maximum atomic E-state index is 13.1. The van der Waals surface area contributed by atoms with Gasteiger partial charge in [0, 0.05) is 32.1 Å². The highest BCUT2D eigenvalue weighted by molar-refractivity contribution is 7.89. The van der Waals surface area contributed by atoms with Gasteiger partial charge in [0.05, 0.1) is 10.6 Å². The number of carbonyl (C=O) groups is 1. The van der Waals surface area contributed by atoms with Crippen LogP contribution in [-0.4, -0.2) is 48.0 Å². The Balaban J connectivity index is 1.57. The molecule has 2 aromatic rings. The standard InChI is InChI=1S/C18H21FN4O3S/c19-14-4-6-15(7-5-14)27(25,26)22-9-1-3-13(12-22)16-11-17-18(24)20-8-2-10-23(17)21-16/h4-7,11,13H,1-3,8-10,12H2,(H,20,24). The predicted molar refractivity (Wildman–Crippen MR) is 96.3 cm³/mol. The van der Waals surface area contributed by atoms with E-state index in [9.17, 15) is 17.6 Å². The highest BCUT2D eigenvalue weighted by atomic mass is 32.2. The number of benzene rings is 1. The van der Waals surface area contributed by atoms with E-state index >= 15 is 0 Å². The molecular formula is C18H21FN4O3S. The SMILES string of the molecule is O=C1NCCCn2nc(C3CCCN(S(=O)(=O)c4ccc(F)cc4)C3)cc21. The maximum absolute atomic E-state index is 13.1. The van der Waals surface area contributed by atoms with Crippen molar-refractivity contribution in [1.82, 2.24) is 19.4 Å². The van der Waals surface area contributed by atoms with Crippen LogP contribution in [0.25, 0.3) is 0 Å². The van der Waals surface area contributed by atoms with Gasteiger partial charge in [-0.25, -0.2) is 12.8 Å². The van der Waals surface area contributed by atoms with Gasteiger partial charge in [-0.15, -0.1) is 0 Å². The van der Waals surface area contributed by atoms with Gasteiger partial charge in [-0.3, -0.25) is 9.48 Å². The molecule has 27 heavy (non-hydrogen) atoms. The topological polar surface area (TPSA) is 84.3 Å². The van der Waals surface area contributed by atoms with Crippen molar-refractivity contribution in [2.75, 3.05) is 19.6 Å². The van der Waals surface area contributed by atoms with Crippen LogP contribution in [0.15, 0.2) is 35.2 Å². The fourth-order valence-corrected chi connectivity index (χ4v) is 5.19. The fraction of sp³-hybridized carbons (Fsp3) is 0.444. The lowest BCUT2D eigenvalue weighted by molar-refractivity contribution is 0.0950. The molecule has 4 rings (SSSR count). The van der Waals surface area contributed by atoms with Crippen molar-refractivity contribution in [3.63, 3.8) is 0 Å². The van der Waals surface area contributed by atoms with Crippen LogP contribution in [0.1, 0.15) is 41.4 Å². The third kappa shape index (κ3) is 3.49. The summed E-state index contributed by atoms with van der Waals surface area (Å²) < 4.78 is 42.0. The number of halogens is 1. The highest BCUT2D eigenvalue weighted by Gasteiger charge is 2.33. The lowest BCUT2D eigenvalue weighted by Crippen LogP contribution is -2.39. The number of piperidine rings is 1. The highest BCUT2D eigenvalue weighted by Crippen LogP contribution is 2.30. The molecule has 0 saturated carbocycles. The van der Waals surface area contributed by atoms with Gasteiger partial charge in [-0.1, -0.05) is 0 Å².